The van der Waals surface area contributed by atoms with Crippen LogP contribution in [0, 0.1) is 0 Å². The molecule has 9 heteroatoms. The first-order valence-electron chi connectivity index (χ1n) is 8.68. The molecule has 1 unspecified atom stereocenters. The van der Waals surface area contributed by atoms with Crippen LogP contribution in [0.2, 0.25) is 0 Å². The Morgan fingerprint density at radius 1 is 1.08 bits per heavy atom. The Morgan fingerprint density at radius 3 is 2.28 bits per heavy atom. The highest BCUT2D eigenvalue weighted by atomic mass is 16.2. The number of hydrogen-bond acceptors (Lipinski definition) is 5. The molecule has 25 heavy (non-hydrogen) atoms. The van der Waals surface area contributed by atoms with Gasteiger partial charge in [-0.25, -0.2) is 0 Å². The summed E-state index contributed by atoms with van der Waals surface area (Å²) in [5.74, 6) is -1.67. The molecule has 4 amide bonds. The maximum absolute atomic E-state index is 12.6. The van der Waals surface area contributed by atoms with E-state index in [9.17, 15) is 19.2 Å². The molecule has 0 saturated heterocycles. The Labute approximate surface area is 148 Å². The van der Waals surface area contributed by atoms with E-state index in [0.29, 0.717) is 45.2 Å². The first kappa shape index (κ1) is 22.8. The second kappa shape index (κ2) is 13.2. The van der Waals surface area contributed by atoms with Crippen molar-refractivity contribution < 1.29 is 19.2 Å². The largest absolute Gasteiger partial charge is 0.368 e. The number of hydrogen-bond donors (Lipinski definition) is 4. The third-order valence-corrected chi connectivity index (χ3v) is 3.41. The smallest absolute Gasteiger partial charge is 0.245 e. The summed E-state index contributed by atoms with van der Waals surface area (Å²) in [6, 6.07) is -0.801. The number of nitrogens with zero attached hydrogens (tertiary/aromatic N) is 1. The fourth-order valence-corrected chi connectivity index (χ4v) is 2.26. The van der Waals surface area contributed by atoms with E-state index in [1.54, 1.807) is 0 Å². The van der Waals surface area contributed by atoms with Gasteiger partial charge in [0.1, 0.15) is 6.04 Å². The average Bonchev–Trinajstić information content (AvgIpc) is 2.55. The molecule has 0 aromatic carbocycles. The first-order valence-corrected chi connectivity index (χ1v) is 8.68. The van der Waals surface area contributed by atoms with Crippen LogP contribution in [0.1, 0.15) is 46.0 Å². The van der Waals surface area contributed by atoms with Crippen molar-refractivity contribution in [2.75, 3.05) is 26.2 Å². The molecule has 0 aromatic heterocycles. The summed E-state index contributed by atoms with van der Waals surface area (Å²) < 4.78 is 0. The fourth-order valence-electron chi connectivity index (χ4n) is 2.26. The number of amides is 4. The van der Waals surface area contributed by atoms with Crippen LogP contribution in [0.3, 0.4) is 0 Å². The second-order valence-electron chi connectivity index (χ2n) is 5.80. The van der Waals surface area contributed by atoms with Gasteiger partial charge in [0, 0.05) is 13.0 Å². The Bertz CT molecular complexity index is 456. The Hall–Kier alpha value is -2.16. The Kier molecular flexibility index (Phi) is 12.0. The molecule has 0 radical (unpaired) electrons. The van der Waals surface area contributed by atoms with E-state index in [4.69, 9.17) is 11.5 Å². The van der Waals surface area contributed by atoms with Crippen LogP contribution in [0.5, 0.6) is 0 Å². The van der Waals surface area contributed by atoms with Gasteiger partial charge in [-0.2, -0.15) is 0 Å². The number of rotatable bonds is 13. The molecule has 0 aliphatic carbocycles. The summed E-state index contributed by atoms with van der Waals surface area (Å²) in [5, 5.41) is 5.10. The quantitative estimate of drug-likeness (QED) is 0.328. The minimum Gasteiger partial charge on any atom is -0.368 e. The number of nitrogens with two attached hydrogens (primary N) is 2. The van der Waals surface area contributed by atoms with Crippen molar-refractivity contribution in [1.82, 2.24) is 15.5 Å². The molecule has 0 fully saturated rings. The van der Waals surface area contributed by atoms with Crippen LogP contribution in [0.15, 0.2) is 0 Å². The van der Waals surface area contributed by atoms with Gasteiger partial charge < -0.3 is 27.0 Å². The predicted molar refractivity (Wildman–Crippen MR) is 94.2 cm³/mol. The monoisotopic (exact) mass is 357 g/mol. The van der Waals surface area contributed by atoms with Crippen molar-refractivity contribution in [1.29, 1.82) is 0 Å². The van der Waals surface area contributed by atoms with Crippen molar-refractivity contribution in [3.63, 3.8) is 0 Å². The topological polar surface area (TPSA) is 148 Å². The first-order chi connectivity index (χ1) is 11.8. The van der Waals surface area contributed by atoms with E-state index in [-0.39, 0.29) is 24.9 Å². The van der Waals surface area contributed by atoms with Crippen molar-refractivity contribution in [2.24, 2.45) is 11.5 Å². The van der Waals surface area contributed by atoms with Gasteiger partial charge in [-0.3, -0.25) is 19.2 Å². The molecule has 0 bridgehead atoms. The van der Waals surface area contributed by atoms with Gasteiger partial charge in [0.2, 0.25) is 23.6 Å². The van der Waals surface area contributed by atoms with Crippen molar-refractivity contribution in [3.8, 4) is 0 Å². The zero-order valence-electron chi connectivity index (χ0n) is 15.2. The zero-order valence-corrected chi connectivity index (χ0v) is 15.2. The van der Waals surface area contributed by atoms with Crippen LogP contribution in [0.25, 0.3) is 0 Å². The van der Waals surface area contributed by atoms with Crippen LogP contribution < -0.4 is 22.1 Å². The lowest BCUT2D eigenvalue weighted by molar-refractivity contribution is -0.139. The summed E-state index contributed by atoms with van der Waals surface area (Å²) in [6.07, 6.45) is 2.57. The second-order valence-corrected chi connectivity index (χ2v) is 5.80. The van der Waals surface area contributed by atoms with Gasteiger partial charge in [-0.15, -0.1) is 0 Å². The van der Waals surface area contributed by atoms with Gasteiger partial charge in [0.25, 0.3) is 0 Å². The molecule has 0 rings (SSSR count). The van der Waals surface area contributed by atoms with E-state index in [1.165, 1.54) is 4.90 Å². The lowest BCUT2D eigenvalue weighted by atomic mass is 10.1. The molecule has 0 aliphatic heterocycles. The maximum Gasteiger partial charge on any atom is 0.245 e. The molecule has 0 saturated carbocycles. The molecule has 0 spiro atoms. The lowest BCUT2D eigenvalue weighted by Gasteiger charge is -2.26. The third kappa shape index (κ3) is 10.3. The molecule has 1 atom stereocenters. The SMILES string of the molecule is CCCC(=O)NCC(=O)NC(CCCN)C(=O)N(CCC)CC(N)=O. The molecule has 144 valence electrons. The molecular weight excluding hydrogens is 326 g/mol. The predicted octanol–water partition coefficient (Wildman–Crippen LogP) is -1.15. The standard InChI is InChI=1S/C16H31N5O4/c1-3-6-14(23)19-10-15(24)20-12(7-5-8-17)16(25)21(9-4-2)11-13(18)22/h12H,3-11,17H2,1-2H3,(H2,18,22)(H,19,23)(H,20,24). The highest BCUT2D eigenvalue weighted by Gasteiger charge is 2.26. The van der Waals surface area contributed by atoms with E-state index in [2.05, 4.69) is 10.6 Å². The molecule has 6 N–H and O–H groups in total. The summed E-state index contributed by atoms with van der Waals surface area (Å²) in [4.78, 5) is 48.6. The van der Waals surface area contributed by atoms with Crippen molar-refractivity contribution in [3.05, 3.63) is 0 Å². The van der Waals surface area contributed by atoms with Crippen LogP contribution in [-0.2, 0) is 19.2 Å². The van der Waals surface area contributed by atoms with Gasteiger partial charge in [-0.1, -0.05) is 13.8 Å². The lowest BCUT2D eigenvalue weighted by Crippen LogP contribution is -2.52. The Morgan fingerprint density at radius 2 is 1.76 bits per heavy atom. The third-order valence-electron chi connectivity index (χ3n) is 3.41. The van der Waals surface area contributed by atoms with Crippen LogP contribution in [0.4, 0.5) is 0 Å². The van der Waals surface area contributed by atoms with E-state index in [1.807, 2.05) is 13.8 Å². The van der Waals surface area contributed by atoms with E-state index < -0.39 is 17.9 Å². The summed E-state index contributed by atoms with van der Waals surface area (Å²) in [6.45, 7) is 4.07. The van der Waals surface area contributed by atoms with E-state index in [0.717, 1.165) is 0 Å². The van der Waals surface area contributed by atoms with Gasteiger partial charge in [0.15, 0.2) is 0 Å². The van der Waals surface area contributed by atoms with Crippen LogP contribution >= 0.6 is 0 Å². The average molecular weight is 357 g/mol. The normalized spacial score (nSPS) is 11.5. The minimum absolute atomic E-state index is 0.199. The van der Waals surface area contributed by atoms with E-state index >= 15 is 0 Å². The van der Waals surface area contributed by atoms with Crippen LogP contribution in [-0.4, -0.2) is 60.7 Å². The number of carbonyl (C=O) groups is 4. The molecular formula is C16H31N5O4. The molecule has 0 aliphatic rings. The van der Waals surface area contributed by atoms with Gasteiger partial charge in [-0.05, 0) is 32.2 Å². The highest BCUT2D eigenvalue weighted by Crippen LogP contribution is 2.04. The number of primary amides is 1. The molecule has 9 nitrogen and oxygen atoms in total. The van der Waals surface area contributed by atoms with Crippen molar-refractivity contribution >= 4 is 23.6 Å². The van der Waals surface area contributed by atoms with Crippen molar-refractivity contribution in [2.45, 2.75) is 52.0 Å². The minimum atomic E-state index is -0.801. The molecule has 0 aromatic rings. The highest BCUT2D eigenvalue weighted by molar-refractivity contribution is 5.91. The fraction of sp³-hybridized carbons (Fsp3) is 0.750. The summed E-state index contributed by atoms with van der Waals surface area (Å²) >= 11 is 0. The molecule has 0 heterocycles. The summed E-state index contributed by atoms with van der Waals surface area (Å²) in [7, 11) is 0. The maximum atomic E-state index is 12.6. The Balaban J connectivity index is 4.83. The summed E-state index contributed by atoms with van der Waals surface area (Å²) in [5.41, 5.74) is 10.7. The van der Waals surface area contributed by atoms with Gasteiger partial charge in [0.05, 0.1) is 13.1 Å². The zero-order chi connectivity index (χ0) is 19.2. The number of nitrogens with one attached hydrogen (secondary N) is 2. The number of carbonyl (C=O) groups excluding carboxylic acids is 4. The van der Waals surface area contributed by atoms with Gasteiger partial charge >= 0.3 is 0 Å².